The van der Waals surface area contributed by atoms with Crippen molar-refractivity contribution in [2.45, 2.75) is 33.4 Å². The van der Waals surface area contributed by atoms with Crippen LogP contribution in [0.15, 0.2) is 30.5 Å². The van der Waals surface area contributed by atoms with Gasteiger partial charge in [0.05, 0.1) is 5.52 Å². The van der Waals surface area contributed by atoms with Crippen LogP contribution in [0.4, 0.5) is 0 Å². The molecule has 0 bridgehead atoms. The van der Waals surface area contributed by atoms with Gasteiger partial charge in [0.25, 0.3) is 0 Å². The summed E-state index contributed by atoms with van der Waals surface area (Å²) in [6.45, 7) is 7.65. The van der Waals surface area contributed by atoms with Gasteiger partial charge in [0.1, 0.15) is 0 Å². The quantitative estimate of drug-likeness (QED) is 0.736. The van der Waals surface area contributed by atoms with Gasteiger partial charge in [-0.2, -0.15) is 11.8 Å². The summed E-state index contributed by atoms with van der Waals surface area (Å²) in [5.41, 5.74) is 2.82. The standard InChI is InChI=1S/C17H26N2S/c1-14(2)12-18-13-16-7-4-6-15-8-10-19(17(15)16)9-5-11-20-3/h4,6-8,10,14,18H,5,9,11-13H2,1-3H3. The molecule has 1 heterocycles. The van der Waals surface area contributed by atoms with Crippen LogP contribution in [0.1, 0.15) is 25.8 Å². The minimum absolute atomic E-state index is 0.697. The maximum atomic E-state index is 3.56. The fraction of sp³-hybridized carbons (Fsp3) is 0.529. The molecule has 0 saturated carbocycles. The van der Waals surface area contributed by atoms with Gasteiger partial charge in [-0.1, -0.05) is 32.0 Å². The number of nitrogens with zero attached hydrogens (tertiary/aromatic N) is 1. The van der Waals surface area contributed by atoms with E-state index in [0.29, 0.717) is 5.92 Å². The Kier molecular flexibility index (Phi) is 5.99. The first-order valence-electron chi connectivity index (χ1n) is 7.48. The third kappa shape index (κ3) is 4.03. The van der Waals surface area contributed by atoms with Crippen LogP contribution in [0.3, 0.4) is 0 Å². The van der Waals surface area contributed by atoms with Gasteiger partial charge < -0.3 is 9.88 Å². The van der Waals surface area contributed by atoms with Crippen molar-refractivity contribution >= 4 is 22.7 Å². The lowest BCUT2D eigenvalue weighted by Crippen LogP contribution is -2.19. The average molecular weight is 290 g/mol. The predicted octanol–water partition coefficient (Wildman–Crippen LogP) is 4.14. The first-order valence-corrected chi connectivity index (χ1v) is 8.88. The number of benzene rings is 1. The number of aryl methyl sites for hydroxylation is 1. The topological polar surface area (TPSA) is 17.0 Å². The molecule has 0 fully saturated rings. The molecule has 110 valence electrons. The molecule has 2 nitrogen and oxygen atoms in total. The van der Waals surface area contributed by atoms with Gasteiger partial charge in [-0.3, -0.25) is 0 Å². The Labute approximate surface area is 126 Å². The van der Waals surface area contributed by atoms with E-state index in [1.165, 1.54) is 28.6 Å². The molecule has 0 aliphatic heterocycles. The largest absolute Gasteiger partial charge is 0.347 e. The Morgan fingerprint density at radius 1 is 1.25 bits per heavy atom. The van der Waals surface area contributed by atoms with Crippen LogP contribution >= 0.6 is 11.8 Å². The molecule has 20 heavy (non-hydrogen) atoms. The molecule has 0 saturated heterocycles. The van der Waals surface area contributed by atoms with Gasteiger partial charge in [0, 0.05) is 19.3 Å². The molecule has 0 spiro atoms. The highest BCUT2D eigenvalue weighted by Gasteiger charge is 2.06. The van der Waals surface area contributed by atoms with Crippen molar-refractivity contribution in [2.75, 3.05) is 18.6 Å². The third-order valence-electron chi connectivity index (χ3n) is 3.49. The van der Waals surface area contributed by atoms with Crippen LogP contribution in [0.25, 0.3) is 10.9 Å². The van der Waals surface area contributed by atoms with Crippen molar-refractivity contribution in [1.82, 2.24) is 9.88 Å². The molecule has 0 atom stereocenters. The number of aromatic nitrogens is 1. The van der Waals surface area contributed by atoms with Crippen molar-refractivity contribution < 1.29 is 0 Å². The Hall–Kier alpha value is -0.930. The monoisotopic (exact) mass is 290 g/mol. The van der Waals surface area contributed by atoms with Gasteiger partial charge >= 0.3 is 0 Å². The summed E-state index contributed by atoms with van der Waals surface area (Å²) in [5.74, 6) is 1.93. The average Bonchev–Trinajstić information content (AvgIpc) is 2.83. The number of thioether (sulfide) groups is 1. The Bertz CT molecular complexity index is 531. The maximum absolute atomic E-state index is 3.56. The predicted molar refractivity (Wildman–Crippen MR) is 91.5 cm³/mol. The van der Waals surface area contributed by atoms with E-state index in [0.717, 1.165) is 19.6 Å². The summed E-state index contributed by atoms with van der Waals surface area (Å²) in [4.78, 5) is 0. The summed E-state index contributed by atoms with van der Waals surface area (Å²) in [5, 5.41) is 4.92. The lowest BCUT2D eigenvalue weighted by Gasteiger charge is -2.12. The van der Waals surface area contributed by atoms with Crippen molar-refractivity contribution in [3.8, 4) is 0 Å². The summed E-state index contributed by atoms with van der Waals surface area (Å²) in [6, 6.07) is 8.87. The summed E-state index contributed by atoms with van der Waals surface area (Å²) >= 11 is 1.92. The minimum Gasteiger partial charge on any atom is -0.347 e. The van der Waals surface area contributed by atoms with Gasteiger partial charge in [0.15, 0.2) is 0 Å². The lowest BCUT2D eigenvalue weighted by molar-refractivity contribution is 0.552. The molecular weight excluding hydrogens is 264 g/mol. The Morgan fingerprint density at radius 3 is 2.85 bits per heavy atom. The van der Waals surface area contributed by atoms with E-state index in [1.807, 2.05) is 11.8 Å². The summed E-state index contributed by atoms with van der Waals surface area (Å²) in [6.07, 6.45) is 5.64. The number of nitrogens with one attached hydrogen (secondary N) is 1. The zero-order chi connectivity index (χ0) is 14.4. The Balaban J connectivity index is 2.13. The normalized spacial score (nSPS) is 11.6. The molecule has 0 aliphatic carbocycles. The van der Waals surface area contributed by atoms with Crippen LogP contribution < -0.4 is 5.32 Å². The number of rotatable bonds is 8. The van der Waals surface area contributed by atoms with Crippen molar-refractivity contribution in [3.63, 3.8) is 0 Å². The molecule has 1 aromatic heterocycles. The molecule has 3 heteroatoms. The molecule has 1 N–H and O–H groups in total. The lowest BCUT2D eigenvalue weighted by atomic mass is 10.1. The smallest absolute Gasteiger partial charge is 0.0525 e. The van der Waals surface area contributed by atoms with Crippen molar-refractivity contribution in [2.24, 2.45) is 5.92 Å². The van der Waals surface area contributed by atoms with E-state index in [-0.39, 0.29) is 0 Å². The summed E-state index contributed by atoms with van der Waals surface area (Å²) < 4.78 is 2.41. The molecule has 0 aliphatic rings. The van der Waals surface area contributed by atoms with Crippen molar-refractivity contribution in [1.29, 1.82) is 0 Å². The van der Waals surface area contributed by atoms with E-state index >= 15 is 0 Å². The maximum Gasteiger partial charge on any atom is 0.0525 e. The SMILES string of the molecule is CSCCCn1ccc2cccc(CNCC(C)C)c21. The number of para-hydroxylation sites is 1. The molecule has 0 amide bonds. The fourth-order valence-corrected chi connectivity index (χ4v) is 2.96. The fourth-order valence-electron chi connectivity index (χ4n) is 2.54. The van der Waals surface area contributed by atoms with E-state index in [4.69, 9.17) is 0 Å². The van der Waals surface area contributed by atoms with Crippen LogP contribution in [0.2, 0.25) is 0 Å². The molecule has 1 aromatic carbocycles. The van der Waals surface area contributed by atoms with E-state index in [1.54, 1.807) is 0 Å². The molecule has 2 aromatic rings. The molecule has 2 rings (SSSR count). The van der Waals surface area contributed by atoms with E-state index in [2.05, 4.69) is 60.4 Å². The second kappa shape index (κ2) is 7.75. The molecule has 0 unspecified atom stereocenters. The Morgan fingerprint density at radius 2 is 2.10 bits per heavy atom. The number of hydrogen-bond acceptors (Lipinski definition) is 2. The van der Waals surface area contributed by atoms with E-state index < -0.39 is 0 Å². The van der Waals surface area contributed by atoms with Crippen LogP contribution in [-0.4, -0.2) is 23.1 Å². The number of hydrogen-bond donors (Lipinski definition) is 1. The highest BCUT2D eigenvalue weighted by Crippen LogP contribution is 2.21. The van der Waals surface area contributed by atoms with Gasteiger partial charge in [0.2, 0.25) is 0 Å². The van der Waals surface area contributed by atoms with Gasteiger partial charge in [-0.05, 0) is 47.9 Å². The first-order chi connectivity index (χ1) is 9.72. The third-order valence-corrected chi connectivity index (χ3v) is 4.18. The highest BCUT2D eigenvalue weighted by atomic mass is 32.2. The minimum atomic E-state index is 0.697. The van der Waals surface area contributed by atoms with Crippen LogP contribution in [-0.2, 0) is 13.1 Å². The molecule has 0 radical (unpaired) electrons. The summed E-state index contributed by atoms with van der Waals surface area (Å²) in [7, 11) is 0. The van der Waals surface area contributed by atoms with Gasteiger partial charge in [-0.25, -0.2) is 0 Å². The zero-order valence-electron chi connectivity index (χ0n) is 12.9. The first kappa shape index (κ1) is 15.5. The van der Waals surface area contributed by atoms with Crippen LogP contribution in [0, 0.1) is 5.92 Å². The zero-order valence-corrected chi connectivity index (χ0v) is 13.7. The second-order valence-electron chi connectivity index (χ2n) is 5.74. The highest BCUT2D eigenvalue weighted by molar-refractivity contribution is 7.98. The van der Waals surface area contributed by atoms with Crippen LogP contribution in [0.5, 0.6) is 0 Å². The number of fused-ring (bicyclic) bond motifs is 1. The second-order valence-corrected chi connectivity index (χ2v) is 6.72. The van der Waals surface area contributed by atoms with Crippen molar-refractivity contribution in [3.05, 3.63) is 36.0 Å². The molecular formula is C17H26N2S. The van der Waals surface area contributed by atoms with E-state index in [9.17, 15) is 0 Å². The van der Waals surface area contributed by atoms with Gasteiger partial charge in [-0.15, -0.1) is 0 Å².